The van der Waals surface area contributed by atoms with Gasteiger partial charge in [-0.25, -0.2) is 0 Å². The zero-order valence-electron chi connectivity index (χ0n) is 12.4. The molecule has 0 saturated heterocycles. The Balaban J connectivity index is 2.10. The maximum absolute atomic E-state index is 6.05. The molecule has 112 valence electrons. The number of halogens is 2. The molecule has 0 radical (unpaired) electrons. The van der Waals surface area contributed by atoms with Crippen molar-refractivity contribution in [3.63, 3.8) is 0 Å². The van der Waals surface area contributed by atoms with Gasteiger partial charge in [0, 0.05) is 17.1 Å². The van der Waals surface area contributed by atoms with Gasteiger partial charge in [-0.3, -0.25) is 0 Å². The van der Waals surface area contributed by atoms with Crippen LogP contribution in [0.15, 0.2) is 46.9 Å². The lowest BCUT2D eigenvalue weighted by Crippen LogP contribution is -2.22. The molecule has 0 saturated carbocycles. The molecule has 0 aliphatic carbocycles. The maximum Gasteiger partial charge on any atom is 0.133 e. The summed E-state index contributed by atoms with van der Waals surface area (Å²) in [5, 5.41) is 4.35. The number of hydrogen-bond acceptors (Lipinski definition) is 2. The van der Waals surface area contributed by atoms with Crippen molar-refractivity contribution in [2.75, 3.05) is 7.11 Å². The van der Waals surface area contributed by atoms with Crippen molar-refractivity contribution >= 4 is 27.5 Å². The number of rotatable bonds is 5. The first kappa shape index (κ1) is 16.3. The van der Waals surface area contributed by atoms with Crippen LogP contribution in [0.25, 0.3) is 0 Å². The lowest BCUT2D eigenvalue weighted by molar-refractivity contribution is 0.411. The maximum atomic E-state index is 6.05. The van der Waals surface area contributed by atoms with Crippen LogP contribution in [0, 0.1) is 0 Å². The van der Waals surface area contributed by atoms with Crippen molar-refractivity contribution in [1.82, 2.24) is 5.32 Å². The van der Waals surface area contributed by atoms with Gasteiger partial charge in [-0.05, 0) is 65.2 Å². The number of nitrogens with one attached hydrogen (secondary N) is 1. The summed E-state index contributed by atoms with van der Waals surface area (Å²) < 4.78 is 6.23. The highest BCUT2D eigenvalue weighted by molar-refractivity contribution is 9.10. The van der Waals surface area contributed by atoms with Crippen LogP contribution < -0.4 is 10.1 Å². The summed E-state index contributed by atoms with van der Waals surface area (Å²) in [6, 6.07) is 14.5. The first-order valence-electron chi connectivity index (χ1n) is 6.86. The van der Waals surface area contributed by atoms with Crippen LogP contribution in [0.3, 0.4) is 0 Å². The minimum atomic E-state index is 0.222. The summed E-state index contributed by atoms with van der Waals surface area (Å²) in [4.78, 5) is 0. The Bertz CT molecular complexity index is 617. The van der Waals surface area contributed by atoms with E-state index in [1.807, 2.05) is 24.3 Å². The summed E-state index contributed by atoms with van der Waals surface area (Å²) in [7, 11) is 1.67. The molecule has 2 aromatic carbocycles. The summed E-state index contributed by atoms with van der Waals surface area (Å²) in [5.41, 5.74) is 2.39. The molecule has 0 fully saturated rings. The van der Waals surface area contributed by atoms with E-state index in [2.05, 4.69) is 53.3 Å². The lowest BCUT2D eigenvalue weighted by atomic mass is 10.0. The first-order chi connectivity index (χ1) is 10.0. The largest absolute Gasteiger partial charge is 0.496 e. The Kier molecular flexibility index (Phi) is 5.68. The van der Waals surface area contributed by atoms with Gasteiger partial charge in [0.15, 0.2) is 0 Å². The van der Waals surface area contributed by atoms with E-state index in [9.17, 15) is 0 Å². The Labute approximate surface area is 139 Å². The third-order valence-electron chi connectivity index (χ3n) is 3.52. The van der Waals surface area contributed by atoms with E-state index >= 15 is 0 Å². The fraction of sp³-hybridized carbons (Fsp3) is 0.294. The van der Waals surface area contributed by atoms with Crippen LogP contribution in [-0.4, -0.2) is 7.11 Å². The van der Waals surface area contributed by atoms with E-state index < -0.39 is 0 Å². The van der Waals surface area contributed by atoms with Gasteiger partial charge >= 0.3 is 0 Å². The molecule has 1 N–H and O–H groups in total. The van der Waals surface area contributed by atoms with Gasteiger partial charge in [0.2, 0.25) is 0 Å². The molecule has 2 atom stereocenters. The second-order valence-corrected chi connectivity index (χ2v) is 6.35. The van der Waals surface area contributed by atoms with Crippen LogP contribution in [0.1, 0.15) is 37.1 Å². The van der Waals surface area contributed by atoms with Gasteiger partial charge in [0.25, 0.3) is 0 Å². The molecule has 0 aliphatic heterocycles. The molecule has 0 spiro atoms. The molecule has 0 amide bonds. The van der Waals surface area contributed by atoms with Crippen molar-refractivity contribution in [3.05, 3.63) is 63.1 Å². The minimum absolute atomic E-state index is 0.222. The molecule has 0 aliphatic rings. The van der Waals surface area contributed by atoms with Gasteiger partial charge in [-0.1, -0.05) is 29.8 Å². The van der Waals surface area contributed by atoms with Gasteiger partial charge in [0.1, 0.15) is 5.75 Å². The molecule has 0 bridgehead atoms. The minimum Gasteiger partial charge on any atom is -0.496 e. The van der Waals surface area contributed by atoms with E-state index in [4.69, 9.17) is 16.3 Å². The van der Waals surface area contributed by atoms with Crippen molar-refractivity contribution < 1.29 is 4.74 Å². The van der Waals surface area contributed by atoms with E-state index in [1.54, 1.807) is 7.11 Å². The molecule has 2 aromatic rings. The molecular weight excluding hydrogens is 350 g/mol. The van der Waals surface area contributed by atoms with Gasteiger partial charge in [0.05, 0.1) is 11.6 Å². The van der Waals surface area contributed by atoms with Gasteiger partial charge in [-0.2, -0.15) is 0 Å². The fourth-order valence-corrected chi connectivity index (χ4v) is 3.05. The zero-order chi connectivity index (χ0) is 15.4. The number of ether oxygens (including phenoxy) is 1. The van der Waals surface area contributed by atoms with E-state index in [-0.39, 0.29) is 12.1 Å². The Morgan fingerprint density at radius 1 is 1.05 bits per heavy atom. The predicted molar refractivity (Wildman–Crippen MR) is 92.1 cm³/mol. The van der Waals surface area contributed by atoms with Crippen LogP contribution in [0.4, 0.5) is 0 Å². The van der Waals surface area contributed by atoms with Crippen molar-refractivity contribution in [3.8, 4) is 5.75 Å². The van der Waals surface area contributed by atoms with Crippen molar-refractivity contribution in [2.24, 2.45) is 0 Å². The fourth-order valence-electron chi connectivity index (χ4n) is 2.30. The van der Waals surface area contributed by atoms with Gasteiger partial charge in [-0.15, -0.1) is 0 Å². The SMILES string of the molecule is COc1ccc(C(C)N[C@H](C)c2cccc(Cl)c2)cc1Br. The predicted octanol–water partition coefficient (Wildman–Crippen LogP) is 5.52. The molecule has 0 heterocycles. The average Bonchev–Trinajstić information content (AvgIpc) is 2.47. The monoisotopic (exact) mass is 367 g/mol. The third kappa shape index (κ3) is 4.22. The van der Waals surface area contributed by atoms with E-state index in [0.717, 1.165) is 15.2 Å². The highest BCUT2D eigenvalue weighted by atomic mass is 79.9. The molecule has 4 heteroatoms. The smallest absolute Gasteiger partial charge is 0.133 e. The standard InChI is InChI=1S/C17H19BrClNO/c1-11(13-5-4-6-15(19)9-13)20-12(2)14-7-8-17(21-3)16(18)10-14/h4-12,20H,1-3H3/t11-,12?/m1/s1. The average molecular weight is 369 g/mol. The van der Waals surface area contributed by atoms with Crippen LogP contribution in [-0.2, 0) is 0 Å². The van der Waals surface area contributed by atoms with Crippen LogP contribution in [0.2, 0.25) is 5.02 Å². The van der Waals surface area contributed by atoms with Crippen molar-refractivity contribution in [2.45, 2.75) is 25.9 Å². The number of methoxy groups -OCH3 is 1. The van der Waals surface area contributed by atoms with Gasteiger partial charge < -0.3 is 10.1 Å². The van der Waals surface area contributed by atoms with Crippen LogP contribution >= 0.6 is 27.5 Å². The Morgan fingerprint density at radius 3 is 2.29 bits per heavy atom. The second kappa shape index (κ2) is 7.30. The summed E-state index contributed by atoms with van der Waals surface area (Å²) in [6.45, 7) is 4.29. The highest BCUT2D eigenvalue weighted by Crippen LogP contribution is 2.29. The molecule has 1 unspecified atom stereocenters. The summed E-state index contributed by atoms with van der Waals surface area (Å²) in [6.07, 6.45) is 0. The molecule has 21 heavy (non-hydrogen) atoms. The molecule has 0 aromatic heterocycles. The molecule has 2 rings (SSSR count). The zero-order valence-corrected chi connectivity index (χ0v) is 14.7. The van der Waals surface area contributed by atoms with E-state index in [1.165, 1.54) is 11.1 Å². The molecular formula is C17H19BrClNO. The molecule has 2 nitrogen and oxygen atoms in total. The quantitative estimate of drug-likeness (QED) is 0.750. The summed E-state index contributed by atoms with van der Waals surface area (Å²) in [5.74, 6) is 0.842. The normalized spacial score (nSPS) is 13.8. The van der Waals surface area contributed by atoms with Crippen LogP contribution in [0.5, 0.6) is 5.75 Å². The summed E-state index contributed by atoms with van der Waals surface area (Å²) >= 11 is 9.57. The topological polar surface area (TPSA) is 21.3 Å². The number of benzene rings is 2. The third-order valence-corrected chi connectivity index (χ3v) is 4.38. The van der Waals surface area contributed by atoms with E-state index in [0.29, 0.717) is 0 Å². The Morgan fingerprint density at radius 2 is 1.71 bits per heavy atom. The highest BCUT2D eigenvalue weighted by Gasteiger charge is 2.13. The Hall–Kier alpha value is -1.03. The lowest BCUT2D eigenvalue weighted by Gasteiger charge is -2.21. The second-order valence-electron chi connectivity index (χ2n) is 5.06. The number of hydrogen-bond donors (Lipinski definition) is 1. The van der Waals surface area contributed by atoms with Crippen molar-refractivity contribution in [1.29, 1.82) is 0 Å². The first-order valence-corrected chi connectivity index (χ1v) is 8.03.